The number of benzene rings is 3. The highest BCUT2D eigenvalue weighted by Crippen LogP contribution is 2.34. The van der Waals surface area contributed by atoms with E-state index in [1.807, 2.05) is 79.2 Å². The van der Waals surface area contributed by atoms with Crippen molar-refractivity contribution < 1.29 is 8.42 Å². The zero-order chi connectivity index (χ0) is 20.4. The van der Waals surface area contributed by atoms with Gasteiger partial charge in [0.2, 0.25) is 4.80 Å². The lowest BCUT2D eigenvalue weighted by Crippen LogP contribution is -2.14. The molecule has 6 heteroatoms. The molecule has 29 heavy (non-hydrogen) atoms. The lowest BCUT2D eigenvalue weighted by Gasteiger charge is -2.07. The van der Waals surface area contributed by atoms with Crippen LogP contribution in [0.4, 0.5) is 0 Å². The average molecular weight is 421 g/mol. The summed E-state index contributed by atoms with van der Waals surface area (Å²) in [7, 11) is -1.95. The Morgan fingerprint density at radius 2 is 1.34 bits per heavy atom. The molecular weight excluding hydrogens is 400 g/mol. The van der Waals surface area contributed by atoms with Crippen LogP contribution >= 0.6 is 11.3 Å². The van der Waals surface area contributed by atoms with E-state index in [4.69, 9.17) is 0 Å². The number of hydrogen-bond acceptors (Lipinski definition) is 3. The van der Waals surface area contributed by atoms with Gasteiger partial charge in [-0.2, -0.15) is 8.42 Å². The maximum absolute atomic E-state index is 12.9. The van der Waals surface area contributed by atoms with Gasteiger partial charge in [-0.15, -0.1) is 4.40 Å². The number of aromatic nitrogens is 1. The van der Waals surface area contributed by atoms with E-state index in [-0.39, 0.29) is 4.90 Å². The minimum absolute atomic E-state index is 0.194. The fourth-order valence-corrected chi connectivity index (χ4v) is 5.48. The van der Waals surface area contributed by atoms with Crippen molar-refractivity contribution in [3.05, 3.63) is 95.3 Å². The van der Waals surface area contributed by atoms with Crippen molar-refractivity contribution in [1.82, 2.24) is 4.57 Å². The topological polar surface area (TPSA) is 51.4 Å². The van der Waals surface area contributed by atoms with Crippen LogP contribution in [0.15, 0.2) is 94.2 Å². The van der Waals surface area contributed by atoms with Crippen LogP contribution in [0.3, 0.4) is 0 Å². The average Bonchev–Trinajstić information content (AvgIpc) is 3.05. The van der Waals surface area contributed by atoms with Crippen molar-refractivity contribution in [2.24, 2.45) is 11.4 Å². The van der Waals surface area contributed by atoms with Gasteiger partial charge in [-0.3, -0.25) is 0 Å². The van der Waals surface area contributed by atoms with E-state index in [9.17, 15) is 8.42 Å². The van der Waals surface area contributed by atoms with Crippen LogP contribution in [0.2, 0.25) is 0 Å². The summed E-state index contributed by atoms with van der Waals surface area (Å²) in [5.74, 6) is 0. The van der Waals surface area contributed by atoms with E-state index >= 15 is 0 Å². The number of hydrogen-bond donors (Lipinski definition) is 0. The van der Waals surface area contributed by atoms with Crippen molar-refractivity contribution in [3.8, 4) is 21.7 Å². The number of thiazole rings is 1. The first-order valence-electron chi connectivity index (χ1n) is 9.14. The second-order valence-corrected chi connectivity index (χ2v) is 9.31. The molecule has 0 N–H and O–H groups in total. The van der Waals surface area contributed by atoms with E-state index in [0.717, 1.165) is 27.3 Å². The van der Waals surface area contributed by atoms with Crippen molar-refractivity contribution in [2.45, 2.75) is 11.8 Å². The Morgan fingerprint density at radius 3 is 1.93 bits per heavy atom. The quantitative estimate of drug-likeness (QED) is 0.465. The zero-order valence-electron chi connectivity index (χ0n) is 16.1. The Labute approximate surface area is 174 Å². The summed E-state index contributed by atoms with van der Waals surface area (Å²) in [6.07, 6.45) is 0. The Morgan fingerprint density at radius 1 is 0.793 bits per heavy atom. The highest BCUT2D eigenvalue weighted by Gasteiger charge is 2.18. The van der Waals surface area contributed by atoms with Crippen molar-refractivity contribution in [1.29, 1.82) is 0 Å². The molecule has 4 rings (SSSR count). The van der Waals surface area contributed by atoms with Crippen LogP contribution in [0.25, 0.3) is 21.7 Å². The minimum Gasteiger partial charge on any atom is -0.318 e. The molecule has 0 fully saturated rings. The number of sulfonamides is 1. The van der Waals surface area contributed by atoms with Gasteiger partial charge in [0.1, 0.15) is 0 Å². The molecule has 0 saturated carbocycles. The summed E-state index contributed by atoms with van der Waals surface area (Å²) >= 11 is 1.38. The molecule has 0 unspecified atom stereocenters. The molecule has 1 heterocycles. The molecule has 0 aliphatic rings. The van der Waals surface area contributed by atoms with Gasteiger partial charge in [-0.05, 0) is 30.2 Å². The monoisotopic (exact) mass is 420 g/mol. The Bertz CT molecular complexity index is 1300. The third-order valence-corrected chi connectivity index (χ3v) is 7.21. The number of aryl methyl sites for hydroxylation is 1. The Balaban J connectivity index is 1.95. The first kappa shape index (κ1) is 19.4. The third-order valence-electron chi connectivity index (χ3n) is 4.63. The molecule has 146 valence electrons. The standard InChI is InChI=1S/C23H20N2O2S2/c1-17-13-15-20(16-14-17)29(26,27)24-23-25(2)21(18-9-5-3-6-10-18)22(28-23)19-11-7-4-8-12-19/h3-16H,1-2H3. The molecule has 0 amide bonds. The summed E-state index contributed by atoms with van der Waals surface area (Å²) in [5.41, 5.74) is 3.99. The fraction of sp³-hybridized carbons (Fsp3) is 0.0870. The molecule has 4 aromatic rings. The second-order valence-electron chi connectivity index (χ2n) is 6.73. The molecule has 0 bridgehead atoms. The van der Waals surface area contributed by atoms with E-state index in [0.29, 0.717) is 4.80 Å². The molecular formula is C23H20N2O2S2. The van der Waals surface area contributed by atoms with Crippen molar-refractivity contribution >= 4 is 21.4 Å². The smallest absolute Gasteiger partial charge is 0.285 e. The van der Waals surface area contributed by atoms with E-state index < -0.39 is 10.0 Å². The van der Waals surface area contributed by atoms with Crippen LogP contribution in [-0.4, -0.2) is 13.0 Å². The zero-order valence-corrected chi connectivity index (χ0v) is 17.7. The maximum atomic E-state index is 12.9. The van der Waals surface area contributed by atoms with Crippen LogP contribution in [0, 0.1) is 6.92 Å². The first-order chi connectivity index (χ1) is 14.0. The molecule has 3 aromatic carbocycles. The summed E-state index contributed by atoms with van der Waals surface area (Å²) in [5, 5.41) is 0. The van der Waals surface area contributed by atoms with E-state index in [1.54, 1.807) is 24.3 Å². The molecule has 0 saturated heterocycles. The van der Waals surface area contributed by atoms with Gasteiger partial charge in [-0.1, -0.05) is 89.7 Å². The minimum atomic E-state index is -3.81. The molecule has 0 spiro atoms. The molecule has 4 nitrogen and oxygen atoms in total. The molecule has 0 aliphatic heterocycles. The van der Waals surface area contributed by atoms with Crippen LogP contribution < -0.4 is 4.80 Å². The third kappa shape index (κ3) is 3.95. The lowest BCUT2D eigenvalue weighted by atomic mass is 10.1. The predicted octanol–water partition coefficient (Wildman–Crippen LogP) is 5.02. The maximum Gasteiger partial charge on any atom is 0.285 e. The molecule has 0 radical (unpaired) electrons. The second kappa shape index (κ2) is 7.81. The number of rotatable bonds is 4. The van der Waals surface area contributed by atoms with E-state index in [2.05, 4.69) is 4.40 Å². The molecule has 0 aliphatic carbocycles. The highest BCUT2D eigenvalue weighted by atomic mass is 32.2. The van der Waals surface area contributed by atoms with Crippen molar-refractivity contribution in [3.63, 3.8) is 0 Å². The van der Waals surface area contributed by atoms with Crippen LogP contribution in [-0.2, 0) is 17.1 Å². The van der Waals surface area contributed by atoms with Crippen LogP contribution in [0.1, 0.15) is 5.56 Å². The Hall–Kier alpha value is -2.96. The summed E-state index contributed by atoms with van der Waals surface area (Å²) in [6.45, 7) is 1.92. The predicted molar refractivity (Wildman–Crippen MR) is 118 cm³/mol. The fourth-order valence-electron chi connectivity index (χ4n) is 3.11. The SMILES string of the molecule is Cc1ccc(S(=O)(=O)N=c2sc(-c3ccccc3)c(-c3ccccc3)n2C)cc1. The lowest BCUT2D eigenvalue weighted by molar-refractivity contribution is 0.596. The summed E-state index contributed by atoms with van der Waals surface area (Å²) in [6, 6.07) is 26.7. The largest absolute Gasteiger partial charge is 0.318 e. The Kier molecular flexibility index (Phi) is 5.22. The van der Waals surface area contributed by atoms with Gasteiger partial charge < -0.3 is 4.57 Å². The normalized spacial score (nSPS) is 12.3. The molecule has 1 aromatic heterocycles. The summed E-state index contributed by atoms with van der Waals surface area (Å²) < 4.78 is 31.8. The van der Waals surface area contributed by atoms with Gasteiger partial charge in [0.25, 0.3) is 10.0 Å². The molecule has 0 atom stereocenters. The van der Waals surface area contributed by atoms with Crippen LogP contribution in [0.5, 0.6) is 0 Å². The van der Waals surface area contributed by atoms with Crippen molar-refractivity contribution in [2.75, 3.05) is 0 Å². The van der Waals surface area contributed by atoms with Gasteiger partial charge in [-0.25, -0.2) is 0 Å². The highest BCUT2D eigenvalue weighted by molar-refractivity contribution is 7.90. The summed E-state index contributed by atoms with van der Waals surface area (Å²) in [4.78, 5) is 1.61. The first-order valence-corrected chi connectivity index (χ1v) is 11.4. The van der Waals surface area contributed by atoms with Gasteiger partial charge in [0.05, 0.1) is 15.5 Å². The van der Waals surface area contributed by atoms with Gasteiger partial charge >= 0.3 is 0 Å². The van der Waals surface area contributed by atoms with Gasteiger partial charge in [0, 0.05) is 7.05 Å². The van der Waals surface area contributed by atoms with Gasteiger partial charge in [0.15, 0.2) is 0 Å². The number of nitrogens with zero attached hydrogens (tertiary/aromatic N) is 2. The van der Waals surface area contributed by atoms with E-state index in [1.165, 1.54) is 11.3 Å².